The minimum atomic E-state index is 0.116. The fraction of sp³-hybridized carbons (Fsp3) is 0.579. The van der Waals surface area contributed by atoms with Crippen molar-refractivity contribution in [2.75, 3.05) is 18.0 Å². The molecule has 1 aromatic carbocycles. The van der Waals surface area contributed by atoms with Crippen LogP contribution in [-0.2, 0) is 11.8 Å². The number of halogens is 2. The van der Waals surface area contributed by atoms with Gasteiger partial charge < -0.3 is 14.8 Å². The van der Waals surface area contributed by atoms with E-state index in [0.717, 1.165) is 55.8 Å². The summed E-state index contributed by atoms with van der Waals surface area (Å²) in [5.74, 6) is 1.26. The number of hydrogen-bond donors (Lipinski definition) is 1. The second-order valence-electron chi connectivity index (χ2n) is 7.48. The highest BCUT2D eigenvalue weighted by molar-refractivity contribution is 6.42. The van der Waals surface area contributed by atoms with E-state index < -0.39 is 0 Å². The first-order valence-electron chi connectivity index (χ1n) is 9.39. The third kappa shape index (κ3) is 3.39. The van der Waals surface area contributed by atoms with Crippen LogP contribution >= 0.6 is 23.2 Å². The van der Waals surface area contributed by atoms with E-state index in [1.165, 1.54) is 12.8 Å². The molecule has 140 valence electrons. The molecule has 2 aromatic rings. The molecule has 26 heavy (non-hydrogen) atoms. The van der Waals surface area contributed by atoms with E-state index >= 15 is 0 Å². The Morgan fingerprint density at radius 2 is 1.77 bits per heavy atom. The number of piperidine rings is 1. The lowest BCUT2D eigenvalue weighted by Gasteiger charge is -2.32. The van der Waals surface area contributed by atoms with Gasteiger partial charge in [0, 0.05) is 32.1 Å². The van der Waals surface area contributed by atoms with Crippen LogP contribution in [0.2, 0.25) is 10.0 Å². The molecular formula is C19H24Cl2N4O. The Labute approximate surface area is 163 Å². The number of imidazole rings is 1. The molecule has 1 aliphatic heterocycles. The number of carbonyl (C=O) groups is 1. The average molecular weight is 395 g/mol. The number of amides is 1. The molecule has 0 radical (unpaired) electrons. The molecule has 2 fully saturated rings. The molecule has 1 aromatic heterocycles. The monoisotopic (exact) mass is 394 g/mol. The zero-order valence-corrected chi connectivity index (χ0v) is 16.5. The van der Waals surface area contributed by atoms with Gasteiger partial charge in [-0.3, -0.25) is 4.79 Å². The highest BCUT2D eigenvalue weighted by atomic mass is 35.5. The lowest BCUT2D eigenvalue weighted by Crippen LogP contribution is -2.43. The smallest absolute Gasteiger partial charge is 0.223 e. The number of aryl methyl sites for hydroxylation is 1. The second-order valence-corrected chi connectivity index (χ2v) is 8.29. The van der Waals surface area contributed by atoms with Crippen molar-refractivity contribution in [3.05, 3.63) is 22.2 Å². The van der Waals surface area contributed by atoms with Gasteiger partial charge in [-0.05, 0) is 37.8 Å². The van der Waals surface area contributed by atoms with Gasteiger partial charge in [-0.2, -0.15) is 0 Å². The van der Waals surface area contributed by atoms with Crippen LogP contribution in [0, 0.1) is 5.92 Å². The molecule has 0 atom stereocenters. The van der Waals surface area contributed by atoms with Crippen molar-refractivity contribution >= 4 is 46.1 Å². The van der Waals surface area contributed by atoms with Gasteiger partial charge in [0.15, 0.2) is 0 Å². The van der Waals surface area contributed by atoms with Crippen molar-refractivity contribution < 1.29 is 4.79 Å². The molecule has 1 aliphatic carbocycles. The number of aromatic nitrogens is 2. The van der Waals surface area contributed by atoms with Crippen LogP contribution in [0.1, 0.15) is 38.5 Å². The van der Waals surface area contributed by atoms with Gasteiger partial charge in [0.05, 0.1) is 21.1 Å². The van der Waals surface area contributed by atoms with Crippen LogP contribution in [0.15, 0.2) is 12.1 Å². The van der Waals surface area contributed by atoms with Gasteiger partial charge >= 0.3 is 0 Å². The van der Waals surface area contributed by atoms with E-state index in [-0.39, 0.29) is 11.8 Å². The second kappa shape index (κ2) is 7.28. The molecule has 7 heteroatoms. The molecule has 0 unspecified atom stereocenters. The van der Waals surface area contributed by atoms with E-state index in [4.69, 9.17) is 28.2 Å². The number of anilines is 1. The first kappa shape index (κ1) is 17.9. The Morgan fingerprint density at radius 3 is 2.46 bits per heavy atom. The third-order valence-electron chi connectivity index (χ3n) is 5.75. The number of nitrogens with one attached hydrogen (secondary N) is 1. The minimum Gasteiger partial charge on any atom is -0.353 e. The summed E-state index contributed by atoms with van der Waals surface area (Å²) >= 11 is 12.3. The lowest BCUT2D eigenvalue weighted by atomic mass is 9.95. The molecule has 1 saturated carbocycles. The average Bonchev–Trinajstić information content (AvgIpc) is 3.25. The molecule has 0 bridgehead atoms. The van der Waals surface area contributed by atoms with Crippen molar-refractivity contribution in [2.45, 2.75) is 44.6 Å². The summed E-state index contributed by atoms with van der Waals surface area (Å²) in [6, 6.07) is 4.07. The molecule has 5 nitrogen and oxygen atoms in total. The first-order chi connectivity index (χ1) is 12.5. The molecule has 2 heterocycles. The molecule has 0 spiro atoms. The number of fused-ring (bicyclic) bond motifs is 1. The number of rotatable bonds is 3. The van der Waals surface area contributed by atoms with Crippen LogP contribution in [-0.4, -0.2) is 34.6 Å². The SMILES string of the molecule is Cn1c(N2CCC(C(=O)NC3CCCC3)CC2)nc2cc(Cl)c(Cl)cc21. The summed E-state index contributed by atoms with van der Waals surface area (Å²) in [5.41, 5.74) is 1.81. The Bertz CT molecular complexity index is 821. The Kier molecular flexibility index (Phi) is 5.02. The predicted molar refractivity (Wildman–Crippen MR) is 106 cm³/mol. The number of hydrogen-bond acceptors (Lipinski definition) is 3. The standard InChI is InChI=1S/C19H24Cl2N4O/c1-24-17-11-15(21)14(20)10-16(17)23-19(24)25-8-6-12(7-9-25)18(26)22-13-4-2-3-5-13/h10-13H,2-9H2,1H3,(H,22,26). The van der Waals surface area contributed by atoms with Gasteiger partial charge in [-0.15, -0.1) is 0 Å². The van der Waals surface area contributed by atoms with Crippen molar-refractivity contribution in [3.63, 3.8) is 0 Å². The normalized spacial score (nSPS) is 19.4. The maximum absolute atomic E-state index is 12.5. The van der Waals surface area contributed by atoms with Gasteiger partial charge in [-0.1, -0.05) is 36.0 Å². The van der Waals surface area contributed by atoms with Gasteiger partial charge in [0.25, 0.3) is 0 Å². The molecular weight excluding hydrogens is 371 g/mol. The summed E-state index contributed by atoms with van der Waals surface area (Å²) in [7, 11) is 1.99. The van der Waals surface area contributed by atoms with Gasteiger partial charge in [-0.25, -0.2) is 4.98 Å². The summed E-state index contributed by atoms with van der Waals surface area (Å²) in [6.07, 6.45) is 6.48. The molecule has 2 aliphatic rings. The number of nitrogens with zero attached hydrogens (tertiary/aromatic N) is 3. The Hall–Kier alpha value is -1.46. The van der Waals surface area contributed by atoms with E-state index in [1.807, 2.05) is 19.2 Å². The fourth-order valence-electron chi connectivity index (χ4n) is 4.19. The van der Waals surface area contributed by atoms with Crippen molar-refractivity contribution in [2.24, 2.45) is 13.0 Å². The fourth-order valence-corrected chi connectivity index (χ4v) is 4.50. The lowest BCUT2D eigenvalue weighted by molar-refractivity contribution is -0.126. The van der Waals surface area contributed by atoms with E-state index in [9.17, 15) is 4.79 Å². The van der Waals surface area contributed by atoms with Crippen LogP contribution in [0.3, 0.4) is 0 Å². The quantitative estimate of drug-likeness (QED) is 0.849. The van der Waals surface area contributed by atoms with Crippen LogP contribution in [0.25, 0.3) is 11.0 Å². The third-order valence-corrected chi connectivity index (χ3v) is 6.47. The minimum absolute atomic E-state index is 0.116. The topological polar surface area (TPSA) is 50.2 Å². The summed E-state index contributed by atoms with van der Waals surface area (Å²) in [5, 5.41) is 4.30. The van der Waals surface area contributed by atoms with Gasteiger partial charge in [0.1, 0.15) is 0 Å². The molecule has 4 rings (SSSR count). The van der Waals surface area contributed by atoms with Crippen LogP contribution in [0.5, 0.6) is 0 Å². The molecule has 1 amide bonds. The van der Waals surface area contributed by atoms with E-state index in [0.29, 0.717) is 16.1 Å². The van der Waals surface area contributed by atoms with E-state index in [1.54, 1.807) is 0 Å². The Morgan fingerprint density at radius 1 is 1.12 bits per heavy atom. The Balaban J connectivity index is 1.43. The van der Waals surface area contributed by atoms with Crippen LogP contribution < -0.4 is 10.2 Å². The highest BCUT2D eigenvalue weighted by Crippen LogP contribution is 2.31. The largest absolute Gasteiger partial charge is 0.353 e. The van der Waals surface area contributed by atoms with E-state index in [2.05, 4.69) is 14.8 Å². The zero-order valence-electron chi connectivity index (χ0n) is 15.0. The summed E-state index contributed by atoms with van der Waals surface area (Å²) < 4.78 is 2.05. The predicted octanol–water partition coefficient (Wildman–Crippen LogP) is 4.16. The maximum atomic E-state index is 12.5. The maximum Gasteiger partial charge on any atom is 0.223 e. The zero-order chi connectivity index (χ0) is 18.3. The van der Waals surface area contributed by atoms with Crippen molar-refractivity contribution in [1.29, 1.82) is 0 Å². The summed E-state index contributed by atoms with van der Waals surface area (Å²) in [6.45, 7) is 1.67. The molecule has 1 saturated heterocycles. The van der Waals surface area contributed by atoms with Crippen molar-refractivity contribution in [1.82, 2.24) is 14.9 Å². The van der Waals surface area contributed by atoms with Crippen LogP contribution in [0.4, 0.5) is 5.95 Å². The first-order valence-corrected chi connectivity index (χ1v) is 10.2. The van der Waals surface area contributed by atoms with Crippen molar-refractivity contribution in [3.8, 4) is 0 Å². The number of carbonyl (C=O) groups excluding carboxylic acids is 1. The summed E-state index contributed by atoms with van der Waals surface area (Å²) in [4.78, 5) is 19.5. The highest BCUT2D eigenvalue weighted by Gasteiger charge is 2.29. The van der Waals surface area contributed by atoms with Gasteiger partial charge in [0.2, 0.25) is 11.9 Å². The number of benzene rings is 1. The molecule has 1 N–H and O–H groups in total.